The van der Waals surface area contributed by atoms with E-state index in [4.69, 9.17) is 10.2 Å². The number of carbonyl (C=O) groups excluding carboxylic acids is 1. The van der Waals surface area contributed by atoms with Crippen LogP contribution in [0.15, 0.2) is 47.1 Å². The van der Waals surface area contributed by atoms with Gasteiger partial charge in [-0.25, -0.2) is 0 Å². The summed E-state index contributed by atoms with van der Waals surface area (Å²) >= 11 is 0. The molecule has 0 aliphatic rings. The van der Waals surface area contributed by atoms with Gasteiger partial charge >= 0.3 is 0 Å². The molecular weight excluding hydrogens is 204 g/mol. The summed E-state index contributed by atoms with van der Waals surface area (Å²) in [7, 11) is 0. The fraction of sp³-hybridized carbons (Fsp3) is 0.0833. The zero-order chi connectivity index (χ0) is 11.4. The summed E-state index contributed by atoms with van der Waals surface area (Å²) in [5.74, 6) is 0.441. The molecule has 4 nitrogen and oxygen atoms in total. The van der Waals surface area contributed by atoms with Crippen LogP contribution >= 0.6 is 0 Å². The maximum Gasteiger partial charge on any atom is 0.248 e. The van der Waals surface area contributed by atoms with Crippen molar-refractivity contribution in [2.24, 2.45) is 5.73 Å². The summed E-state index contributed by atoms with van der Waals surface area (Å²) in [6.07, 6.45) is 1.63. The first-order valence-corrected chi connectivity index (χ1v) is 4.92. The molecule has 1 amide bonds. The average Bonchev–Trinajstić information content (AvgIpc) is 2.80. The third-order valence-electron chi connectivity index (χ3n) is 2.22. The second-order valence-corrected chi connectivity index (χ2v) is 3.37. The van der Waals surface area contributed by atoms with Gasteiger partial charge in [-0.2, -0.15) is 0 Å². The molecule has 2 rings (SSSR count). The van der Waals surface area contributed by atoms with Crippen LogP contribution in [0, 0.1) is 0 Å². The van der Waals surface area contributed by atoms with E-state index < -0.39 is 5.91 Å². The Hall–Kier alpha value is -2.23. The van der Waals surface area contributed by atoms with Crippen LogP contribution in [0.1, 0.15) is 16.1 Å². The highest BCUT2D eigenvalue weighted by molar-refractivity contribution is 5.93. The molecule has 0 aliphatic carbocycles. The van der Waals surface area contributed by atoms with Gasteiger partial charge in [0.25, 0.3) is 0 Å². The first-order chi connectivity index (χ1) is 7.75. The smallest absolute Gasteiger partial charge is 0.248 e. The number of carbonyl (C=O) groups is 1. The molecule has 0 atom stereocenters. The summed E-state index contributed by atoms with van der Waals surface area (Å²) in [5.41, 5.74) is 6.56. The number of furan rings is 1. The monoisotopic (exact) mass is 216 g/mol. The summed E-state index contributed by atoms with van der Waals surface area (Å²) in [6.45, 7) is 0.614. The Morgan fingerprint density at radius 3 is 2.56 bits per heavy atom. The number of primary amides is 1. The molecule has 1 aromatic carbocycles. The highest BCUT2D eigenvalue weighted by Crippen LogP contribution is 2.11. The number of hydrogen-bond acceptors (Lipinski definition) is 3. The van der Waals surface area contributed by atoms with Crippen molar-refractivity contribution in [3.63, 3.8) is 0 Å². The molecule has 0 unspecified atom stereocenters. The van der Waals surface area contributed by atoms with Gasteiger partial charge in [-0.05, 0) is 36.4 Å². The molecule has 0 saturated heterocycles. The van der Waals surface area contributed by atoms with Crippen molar-refractivity contribution >= 4 is 11.6 Å². The molecule has 0 saturated carbocycles. The first kappa shape index (κ1) is 10.3. The fourth-order valence-electron chi connectivity index (χ4n) is 1.35. The van der Waals surface area contributed by atoms with Crippen LogP contribution in [0.5, 0.6) is 0 Å². The highest BCUT2D eigenvalue weighted by Gasteiger charge is 2.00. The van der Waals surface area contributed by atoms with Crippen LogP contribution in [0.4, 0.5) is 5.69 Å². The van der Waals surface area contributed by atoms with E-state index in [1.165, 1.54) is 0 Å². The zero-order valence-corrected chi connectivity index (χ0v) is 8.64. The topological polar surface area (TPSA) is 68.3 Å². The van der Waals surface area contributed by atoms with Gasteiger partial charge in [0.15, 0.2) is 0 Å². The van der Waals surface area contributed by atoms with E-state index in [1.807, 2.05) is 24.3 Å². The van der Waals surface area contributed by atoms with E-state index in [2.05, 4.69) is 5.32 Å². The Bertz CT molecular complexity index is 460. The second kappa shape index (κ2) is 4.53. The molecular formula is C12H12N2O2. The predicted molar refractivity (Wildman–Crippen MR) is 61.0 cm³/mol. The zero-order valence-electron chi connectivity index (χ0n) is 8.64. The Morgan fingerprint density at radius 1 is 1.25 bits per heavy atom. The minimum atomic E-state index is -0.419. The third-order valence-corrected chi connectivity index (χ3v) is 2.22. The van der Waals surface area contributed by atoms with E-state index in [-0.39, 0.29) is 0 Å². The quantitative estimate of drug-likeness (QED) is 0.821. The van der Waals surface area contributed by atoms with Crippen molar-refractivity contribution in [1.82, 2.24) is 0 Å². The molecule has 1 aromatic heterocycles. The van der Waals surface area contributed by atoms with Crippen LogP contribution in [0.2, 0.25) is 0 Å². The van der Waals surface area contributed by atoms with Crippen LogP contribution in [0.3, 0.4) is 0 Å². The van der Waals surface area contributed by atoms with Gasteiger partial charge in [0.1, 0.15) is 5.76 Å². The minimum Gasteiger partial charge on any atom is -0.467 e. The molecule has 0 fully saturated rings. The number of rotatable bonds is 4. The van der Waals surface area contributed by atoms with Gasteiger partial charge in [0, 0.05) is 11.3 Å². The number of benzene rings is 1. The van der Waals surface area contributed by atoms with Gasteiger partial charge in [0.05, 0.1) is 12.8 Å². The molecule has 82 valence electrons. The number of anilines is 1. The summed E-state index contributed by atoms with van der Waals surface area (Å²) in [6, 6.07) is 10.7. The van der Waals surface area contributed by atoms with Crippen molar-refractivity contribution in [2.75, 3.05) is 5.32 Å². The van der Waals surface area contributed by atoms with Crippen LogP contribution < -0.4 is 11.1 Å². The molecule has 0 radical (unpaired) electrons. The summed E-state index contributed by atoms with van der Waals surface area (Å²) < 4.78 is 5.18. The molecule has 0 bridgehead atoms. The number of amides is 1. The average molecular weight is 216 g/mol. The van der Waals surface area contributed by atoms with E-state index in [1.54, 1.807) is 18.4 Å². The SMILES string of the molecule is NC(=O)c1ccc(NCc2ccco2)cc1. The van der Waals surface area contributed by atoms with Crippen LogP contribution in [-0.2, 0) is 6.54 Å². The number of nitrogens with two attached hydrogens (primary N) is 1. The van der Waals surface area contributed by atoms with Gasteiger partial charge in [0.2, 0.25) is 5.91 Å². The van der Waals surface area contributed by atoms with E-state index >= 15 is 0 Å². The van der Waals surface area contributed by atoms with Crippen LogP contribution in [0.25, 0.3) is 0 Å². The predicted octanol–water partition coefficient (Wildman–Crippen LogP) is 1.99. The number of hydrogen-bond donors (Lipinski definition) is 2. The molecule has 0 aliphatic heterocycles. The molecule has 2 aromatic rings. The standard InChI is InChI=1S/C12H12N2O2/c13-12(15)9-3-5-10(6-4-9)14-8-11-2-1-7-16-11/h1-7,14H,8H2,(H2,13,15). The highest BCUT2D eigenvalue weighted by atomic mass is 16.3. The normalized spacial score (nSPS) is 10.0. The summed E-state index contributed by atoms with van der Waals surface area (Å²) in [5, 5.41) is 3.17. The molecule has 4 heteroatoms. The Labute approximate surface area is 93.1 Å². The van der Waals surface area contributed by atoms with Crippen molar-refractivity contribution in [3.05, 3.63) is 54.0 Å². The Balaban J connectivity index is 1.98. The van der Waals surface area contributed by atoms with E-state index in [0.29, 0.717) is 12.1 Å². The maximum atomic E-state index is 10.8. The van der Waals surface area contributed by atoms with Crippen molar-refractivity contribution in [1.29, 1.82) is 0 Å². The molecule has 16 heavy (non-hydrogen) atoms. The van der Waals surface area contributed by atoms with Gasteiger partial charge in [-0.1, -0.05) is 0 Å². The fourth-order valence-corrected chi connectivity index (χ4v) is 1.35. The van der Waals surface area contributed by atoms with E-state index in [0.717, 1.165) is 11.4 Å². The molecule has 0 spiro atoms. The third kappa shape index (κ3) is 2.42. The molecule has 1 heterocycles. The van der Waals surface area contributed by atoms with Crippen molar-refractivity contribution in [2.45, 2.75) is 6.54 Å². The lowest BCUT2D eigenvalue weighted by Crippen LogP contribution is -2.10. The lowest BCUT2D eigenvalue weighted by Gasteiger charge is -2.04. The lowest BCUT2D eigenvalue weighted by molar-refractivity contribution is 0.100. The Morgan fingerprint density at radius 2 is 2.00 bits per heavy atom. The maximum absolute atomic E-state index is 10.8. The van der Waals surface area contributed by atoms with Crippen LogP contribution in [-0.4, -0.2) is 5.91 Å². The van der Waals surface area contributed by atoms with Gasteiger partial charge < -0.3 is 15.5 Å². The number of nitrogens with one attached hydrogen (secondary N) is 1. The van der Waals surface area contributed by atoms with Crippen molar-refractivity contribution < 1.29 is 9.21 Å². The second-order valence-electron chi connectivity index (χ2n) is 3.37. The molecule has 3 N–H and O–H groups in total. The summed E-state index contributed by atoms with van der Waals surface area (Å²) in [4.78, 5) is 10.8. The minimum absolute atomic E-state index is 0.419. The van der Waals surface area contributed by atoms with Crippen molar-refractivity contribution in [3.8, 4) is 0 Å². The largest absolute Gasteiger partial charge is 0.467 e. The van der Waals surface area contributed by atoms with E-state index in [9.17, 15) is 4.79 Å². The van der Waals surface area contributed by atoms with Gasteiger partial charge in [-0.3, -0.25) is 4.79 Å². The lowest BCUT2D eigenvalue weighted by atomic mass is 10.2. The van der Waals surface area contributed by atoms with Gasteiger partial charge in [-0.15, -0.1) is 0 Å². The first-order valence-electron chi connectivity index (χ1n) is 4.92. The Kier molecular flexibility index (Phi) is 2.91.